The molecule has 0 aromatic carbocycles. The van der Waals surface area contributed by atoms with Gasteiger partial charge in [-0.25, -0.2) is 9.59 Å². The number of methoxy groups -OCH3 is 1. The fourth-order valence-electron chi connectivity index (χ4n) is 0.752. The summed E-state index contributed by atoms with van der Waals surface area (Å²) in [4.78, 5) is 22.1. The van der Waals surface area contributed by atoms with Gasteiger partial charge in [-0.2, -0.15) is 0 Å². The average molecular weight is 230 g/mol. The maximum Gasteiger partial charge on any atom is 0.333 e. The van der Waals surface area contributed by atoms with E-state index in [4.69, 9.17) is 14.2 Å². The number of carbonyl (C=O) groups excluding carboxylic acids is 2. The predicted octanol–water partition coefficient (Wildman–Crippen LogP) is 1.42. The Kier molecular flexibility index (Phi) is 8.15. The van der Waals surface area contributed by atoms with Gasteiger partial charge in [0.1, 0.15) is 0 Å². The van der Waals surface area contributed by atoms with Crippen LogP contribution in [0.2, 0.25) is 0 Å². The molecular weight excluding hydrogens is 212 g/mol. The number of hydrogen-bond acceptors (Lipinski definition) is 5. The van der Waals surface area contributed by atoms with Crippen LogP contribution in [-0.2, 0) is 23.8 Å². The first kappa shape index (κ1) is 14.6. The Balaban J connectivity index is 3.80. The van der Waals surface area contributed by atoms with E-state index in [1.165, 1.54) is 7.11 Å². The SMILES string of the molecule is CCCCOC(=O)/C=C/C(=O)OC(C)OC. The van der Waals surface area contributed by atoms with Crippen molar-refractivity contribution in [3.8, 4) is 0 Å². The molecule has 16 heavy (non-hydrogen) atoms. The van der Waals surface area contributed by atoms with E-state index < -0.39 is 18.2 Å². The van der Waals surface area contributed by atoms with Crippen molar-refractivity contribution in [1.29, 1.82) is 0 Å². The smallest absolute Gasteiger partial charge is 0.333 e. The average Bonchev–Trinajstić information content (AvgIpc) is 2.26. The summed E-state index contributed by atoms with van der Waals surface area (Å²) >= 11 is 0. The zero-order chi connectivity index (χ0) is 12.4. The van der Waals surface area contributed by atoms with Crippen LogP contribution < -0.4 is 0 Å². The molecule has 0 aromatic heterocycles. The van der Waals surface area contributed by atoms with Crippen LogP contribution >= 0.6 is 0 Å². The van der Waals surface area contributed by atoms with Crippen molar-refractivity contribution in [2.24, 2.45) is 0 Å². The summed E-state index contributed by atoms with van der Waals surface area (Å²) in [5, 5.41) is 0. The summed E-state index contributed by atoms with van der Waals surface area (Å²) in [5.41, 5.74) is 0. The van der Waals surface area contributed by atoms with Crippen LogP contribution in [0.3, 0.4) is 0 Å². The van der Waals surface area contributed by atoms with Crippen molar-refractivity contribution in [3.63, 3.8) is 0 Å². The molecule has 0 saturated carbocycles. The van der Waals surface area contributed by atoms with Gasteiger partial charge in [-0.3, -0.25) is 0 Å². The Labute approximate surface area is 95.4 Å². The van der Waals surface area contributed by atoms with E-state index in [2.05, 4.69) is 0 Å². The van der Waals surface area contributed by atoms with E-state index in [-0.39, 0.29) is 0 Å². The van der Waals surface area contributed by atoms with Crippen LogP contribution in [0.4, 0.5) is 0 Å². The molecule has 0 aromatic rings. The second-order valence-corrected chi connectivity index (χ2v) is 3.09. The summed E-state index contributed by atoms with van der Waals surface area (Å²) in [6, 6.07) is 0. The second-order valence-electron chi connectivity index (χ2n) is 3.09. The zero-order valence-electron chi connectivity index (χ0n) is 9.89. The van der Waals surface area contributed by atoms with E-state index >= 15 is 0 Å². The van der Waals surface area contributed by atoms with Gasteiger partial charge < -0.3 is 14.2 Å². The van der Waals surface area contributed by atoms with Gasteiger partial charge in [-0.1, -0.05) is 13.3 Å². The van der Waals surface area contributed by atoms with Gasteiger partial charge in [0, 0.05) is 19.3 Å². The van der Waals surface area contributed by atoms with E-state index in [9.17, 15) is 9.59 Å². The largest absolute Gasteiger partial charge is 0.463 e. The molecule has 1 unspecified atom stereocenters. The molecule has 0 heterocycles. The number of unbranched alkanes of at least 4 members (excludes halogenated alkanes) is 1. The van der Waals surface area contributed by atoms with Crippen molar-refractivity contribution in [3.05, 3.63) is 12.2 Å². The molecule has 0 spiro atoms. The summed E-state index contributed by atoms with van der Waals surface area (Å²) in [6.07, 6.45) is 3.19. The highest BCUT2D eigenvalue weighted by Gasteiger charge is 2.05. The van der Waals surface area contributed by atoms with Crippen LogP contribution in [0.25, 0.3) is 0 Å². The molecule has 0 N–H and O–H groups in total. The standard InChI is InChI=1S/C11H18O5/c1-4-5-8-15-10(12)6-7-11(13)16-9(2)14-3/h6-7,9H,4-5,8H2,1-3H3/b7-6+. The Hall–Kier alpha value is -1.36. The highest BCUT2D eigenvalue weighted by molar-refractivity contribution is 5.91. The van der Waals surface area contributed by atoms with Gasteiger partial charge in [0.05, 0.1) is 6.61 Å². The number of hydrogen-bond donors (Lipinski definition) is 0. The molecule has 5 heteroatoms. The third-order valence-electron chi connectivity index (χ3n) is 1.71. The van der Waals surface area contributed by atoms with E-state index in [1.807, 2.05) is 6.92 Å². The minimum absolute atomic E-state index is 0.364. The van der Waals surface area contributed by atoms with Crippen molar-refractivity contribution in [2.45, 2.75) is 33.0 Å². The van der Waals surface area contributed by atoms with Crippen molar-refractivity contribution in [2.75, 3.05) is 13.7 Å². The Morgan fingerprint density at radius 2 is 1.88 bits per heavy atom. The first-order valence-corrected chi connectivity index (χ1v) is 5.18. The van der Waals surface area contributed by atoms with Gasteiger partial charge >= 0.3 is 11.9 Å². The quantitative estimate of drug-likeness (QED) is 0.286. The third kappa shape index (κ3) is 7.99. The van der Waals surface area contributed by atoms with Gasteiger partial charge in [0.2, 0.25) is 0 Å². The van der Waals surface area contributed by atoms with Crippen LogP contribution in [0.5, 0.6) is 0 Å². The van der Waals surface area contributed by atoms with Crippen LogP contribution in [0.1, 0.15) is 26.7 Å². The third-order valence-corrected chi connectivity index (χ3v) is 1.71. The van der Waals surface area contributed by atoms with E-state index in [0.29, 0.717) is 6.61 Å². The molecule has 92 valence electrons. The molecule has 0 aliphatic rings. The fourth-order valence-corrected chi connectivity index (χ4v) is 0.752. The van der Waals surface area contributed by atoms with E-state index in [1.54, 1.807) is 6.92 Å². The fraction of sp³-hybridized carbons (Fsp3) is 0.636. The minimum Gasteiger partial charge on any atom is -0.463 e. The highest BCUT2D eigenvalue weighted by Crippen LogP contribution is 1.94. The molecule has 0 saturated heterocycles. The summed E-state index contributed by atoms with van der Waals surface area (Å²) in [6.45, 7) is 3.93. The molecule has 5 nitrogen and oxygen atoms in total. The van der Waals surface area contributed by atoms with Crippen molar-refractivity contribution < 1.29 is 23.8 Å². The summed E-state index contributed by atoms with van der Waals surface area (Å²) in [7, 11) is 1.42. The Bertz CT molecular complexity index is 247. The molecule has 0 rings (SSSR count). The molecule has 0 aliphatic carbocycles. The summed E-state index contributed by atoms with van der Waals surface area (Å²) in [5.74, 6) is -1.18. The maximum absolute atomic E-state index is 11.0. The Morgan fingerprint density at radius 3 is 2.44 bits per heavy atom. The highest BCUT2D eigenvalue weighted by atomic mass is 16.7. The Morgan fingerprint density at radius 1 is 1.25 bits per heavy atom. The molecule has 0 bridgehead atoms. The first-order valence-electron chi connectivity index (χ1n) is 5.18. The van der Waals surface area contributed by atoms with Gasteiger partial charge in [0.25, 0.3) is 0 Å². The number of rotatable bonds is 7. The number of carbonyl (C=O) groups is 2. The van der Waals surface area contributed by atoms with Gasteiger partial charge in [-0.15, -0.1) is 0 Å². The van der Waals surface area contributed by atoms with Crippen LogP contribution in [-0.4, -0.2) is 31.9 Å². The molecular formula is C11H18O5. The monoisotopic (exact) mass is 230 g/mol. The lowest BCUT2D eigenvalue weighted by Gasteiger charge is -2.08. The number of ether oxygens (including phenoxy) is 3. The lowest BCUT2D eigenvalue weighted by atomic mass is 10.4. The maximum atomic E-state index is 11.0. The van der Waals surface area contributed by atoms with Crippen LogP contribution in [0, 0.1) is 0 Å². The summed E-state index contributed by atoms with van der Waals surface area (Å²) < 4.78 is 14.2. The molecule has 0 fully saturated rings. The van der Waals surface area contributed by atoms with Crippen LogP contribution in [0.15, 0.2) is 12.2 Å². The second kappa shape index (κ2) is 8.91. The molecule has 0 aliphatic heterocycles. The normalized spacial score (nSPS) is 12.4. The molecule has 0 amide bonds. The first-order chi connectivity index (χ1) is 7.60. The van der Waals surface area contributed by atoms with Crippen molar-refractivity contribution in [1.82, 2.24) is 0 Å². The lowest BCUT2D eigenvalue weighted by Crippen LogP contribution is -2.15. The predicted molar refractivity (Wildman–Crippen MR) is 57.6 cm³/mol. The van der Waals surface area contributed by atoms with Gasteiger partial charge in [-0.05, 0) is 13.3 Å². The molecule has 0 radical (unpaired) electrons. The lowest BCUT2D eigenvalue weighted by molar-refractivity contribution is -0.163. The number of esters is 2. The van der Waals surface area contributed by atoms with E-state index in [0.717, 1.165) is 25.0 Å². The topological polar surface area (TPSA) is 61.8 Å². The minimum atomic E-state index is -0.637. The molecule has 1 atom stereocenters. The van der Waals surface area contributed by atoms with Gasteiger partial charge in [0.15, 0.2) is 6.29 Å². The zero-order valence-corrected chi connectivity index (χ0v) is 9.89. The van der Waals surface area contributed by atoms with Crippen molar-refractivity contribution >= 4 is 11.9 Å².